The number of benzene rings is 1. The summed E-state index contributed by atoms with van der Waals surface area (Å²) in [6.45, 7) is 0.659. The predicted molar refractivity (Wildman–Crippen MR) is 90.6 cm³/mol. The lowest BCUT2D eigenvalue weighted by Gasteiger charge is -2.07. The number of hydrogen-bond donors (Lipinski definition) is 2. The number of fused-ring (bicyclic) bond motifs is 1. The zero-order valence-electron chi connectivity index (χ0n) is 13.6. The molecule has 0 aliphatic carbocycles. The van der Waals surface area contributed by atoms with Crippen molar-refractivity contribution in [3.8, 4) is 0 Å². The molecule has 1 aromatic carbocycles. The van der Waals surface area contributed by atoms with Gasteiger partial charge in [-0.3, -0.25) is 14.2 Å². The van der Waals surface area contributed by atoms with Gasteiger partial charge in [0.15, 0.2) is 0 Å². The number of aromatic nitrogens is 2. The third-order valence-corrected chi connectivity index (χ3v) is 3.77. The number of amides is 1. The minimum Gasteiger partial charge on any atom is -0.467 e. The van der Waals surface area contributed by atoms with E-state index in [1.54, 1.807) is 18.2 Å². The van der Waals surface area contributed by atoms with Gasteiger partial charge in [-0.25, -0.2) is 4.79 Å². The fraction of sp³-hybridized carbons (Fsp3) is 0.235. The zero-order valence-corrected chi connectivity index (χ0v) is 13.6. The lowest BCUT2D eigenvalue weighted by molar-refractivity contribution is 0.0948. The summed E-state index contributed by atoms with van der Waals surface area (Å²) in [5, 5.41) is 3.04. The maximum absolute atomic E-state index is 12.4. The Labute approximate surface area is 142 Å². The Balaban J connectivity index is 1.88. The summed E-state index contributed by atoms with van der Waals surface area (Å²) in [7, 11) is 1.49. The minimum atomic E-state index is -0.539. The molecule has 130 valence electrons. The molecule has 0 fully saturated rings. The molecule has 2 heterocycles. The van der Waals surface area contributed by atoms with Crippen LogP contribution in [0, 0.1) is 0 Å². The third-order valence-electron chi connectivity index (χ3n) is 3.77. The smallest absolute Gasteiger partial charge is 0.328 e. The number of hydrogen-bond acceptors (Lipinski definition) is 5. The van der Waals surface area contributed by atoms with Crippen molar-refractivity contribution >= 4 is 16.8 Å². The molecular formula is C17H17N3O5. The van der Waals surface area contributed by atoms with Crippen LogP contribution in [0.15, 0.2) is 50.6 Å². The van der Waals surface area contributed by atoms with Crippen LogP contribution < -0.4 is 16.6 Å². The molecule has 0 aliphatic heterocycles. The molecule has 0 spiro atoms. The van der Waals surface area contributed by atoms with Crippen molar-refractivity contribution in [2.24, 2.45) is 0 Å². The SMILES string of the molecule is COCCn1c(=O)[nH]c2cc(C(=O)NCc3ccco3)ccc2c1=O. The molecule has 2 N–H and O–H groups in total. The maximum Gasteiger partial charge on any atom is 0.328 e. The van der Waals surface area contributed by atoms with Crippen molar-refractivity contribution in [3.63, 3.8) is 0 Å². The Kier molecular flexibility index (Phi) is 4.80. The number of furan rings is 1. The highest BCUT2D eigenvalue weighted by Crippen LogP contribution is 2.10. The second-order valence-electron chi connectivity index (χ2n) is 5.40. The van der Waals surface area contributed by atoms with E-state index in [2.05, 4.69) is 10.3 Å². The summed E-state index contributed by atoms with van der Waals surface area (Å²) in [4.78, 5) is 39.3. The van der Waals surface area contributed by atoms with Crippen molar-refractivity contribution in [3.05, 3.63) is 68.8 Å². The molecule has 8 heteroatoms. The van der Waals surface area contributed by atoms with E-state index >= 15 is 0 Å². The van der Waals surface area contributed by atoms with Gasteiger partial charge < -0.3 is 19.5 Å². The maximum atomic E-state index is 12.4. The summed E-state index contributed by atoms with van der Waals surface area (Å²) in [5.74, 6) is 0.297. The van der Waals surface area contributed by atoms with Crippen molar-refractivity contribution in [1.82, 2.24) is 14.9 Å². The van der Waals surface area contributed by atoms with Crippen LogP contribution in [0.3, 0.4) is 0 Å². The van der Waals surface area contributed by atoms with E-state index in [9.17, 15) is 14.4 Å². The first-order valence-corrected chi connectivity index (χ1v) is 7.66. The van der Waals surface area contributed by atoms with E-state index in [-0.39, 0.29) is 25.6 Å². The minimum absolute atomic E-state index is 0.159. The fourth-order valence-corrected chi connectivity index (χ4v) is 2.46. The predicted octanol–water partition coefficient (Wildman–Crippen LogP) is 0.859. The molecule has 0 saturated heterocycles. The normalized spacial score (nSPS) is 10.9. The zero-order chi connectivity index (χ0) is 17.8. The van der Waals surface area contributed by atoms with Gasteiger partial charge in [0, 0.05) is 12.7 Å². The summed E-state index contributed by atoms with van der Waals surface area (Å²) in [6.07, 6.45) is 1.52. The van der Waals surface area contributed by atoms with Crippen LogP contribution >= 0.6 is 0 Å². The van der Waals surface area contributed by atoms with E-state index in [0.717, 1.165) is 4.57 Å². The first-order valence-electron chi connectivity index (χ1n) is 7.66. The van der Waals surface area contributed by atoms with Crippen LogP contribution in [-0.4, -0.2) is 29.2 Å². The van der Waals surface area contributed by atoms with Gasteiger partial charge in [0.1, 0.15) is 5.76 Å². The largest absolute Gasteiger partial charge is 0.467 e. The van der Waals surface area contributed by atoms with Crippen molar-refractivity contribution in [2.45, 2.75) is 13.1 Å². The van der Waals surface area contributed by atoms with E-state index < -0.39 is 11.2 Å². The van der Waals surface area contributed by atoms with E-state index in [1.807, 2.05) is 0 Å². The number of ether oxygens (including phenoxy) is 1. The van der Waals surface area contributed by atoms with Crippen molar-refractivity contribution in [1.29, 1.82) is 0 Å². The van der Waals surface area contributed by atoms with Crippen LogP contribution in [0.4, 0.5) is 0 Å². The Morgan fingerprint density at radius 1 is 1.32 bits per heavy atom. The van der Waals surface area contributed by atoms with Crippen LogP contribution in [0.1, 0.15) is 16.1 Å². The average Bonchev–Trinajstić information content (AvgIpc) is 3.12. The molecule has 3 rings (SSSR count). The van der Waals surface area contributed by atoms with Crippen LogP contribution in [-0.2, 0) is 17.8 Å². The highest BCUT2D eigenvalue weighted by Gasteiger charge is 2.11. The van der Waals surface area contributed by atoms with Crippen molar-refractivity contribution < 1.29 is 13.9 Å². The van der Waals surface area contributed by atoms with Crippen LogP contribution in [0.2, 0.25) is 0 Å². The molecule has 0 bridgehead atoms. The summed E-state index contributed by atoms with van der Waals surface area (Å²) in [5.41, 5.74) is -0.306. The Bertz CT molecular complexity index is 1000. The Morgan fingerprint density at radius 3 is 2.88 bits per heavy atom. The van der Waals surface area contributed by atoms with Gasteiger partial charge in [-0.1, -0.05) is 0 Å². The number of rotatable bonds is 6. The van der Waals surface area contributed by atoms with E-state index in [1.165, 1.54) is 25.5 Å². The number of nitrogens with zero attached hydrogens (tertiary/aromatic N) is 1. The van der Waals surface area contributed by atoms with Gasteiger partial charge in [-0.15, -0.1) is 0 Å². The highest BCUT2D eigenvalue weighted by atomic mass is 16.5. The third kappa shape index (κ3) is 3.53. The molecule has 0 unspecified atom stereocenters. The molecule has 0 aliphatic rings. The lowest BCUT2D eigenvalue weighted by atomic mass is 10.1. The number of carbonyl (C=O) groups excluding carboxylic acids is 1. The molecule has 8 nitrogen and oxygen atoms in total. The van der Waals surface area contributed by atoms with Gasteiger partial charge in [0.2, 0.25) is 0 Å². The second-order valence-corrected chi connectivity index (χ2v) is 5.40. The average molecular weight is 343 g/mol. The Hall–Kier alpha value is -3.13. The number of methoxy groups -OCH3 is 1. The standard InChI is InChI=1S/C17H17N3O5/c1-24-8-6-20-16(22)13-5-4-11(9-14(13)19-17(20)23)15(21)18-10-12-3-2-7-25-12/h2-5,7,9H,6,8,10H2,1H3,(H,18,21)(H,19,23). The molecule has 3 aromatic rings. The van der Waals surface area contributed by atoms with Gasteiger partial charge in [-0.2, -0.15) is 0 Å². The molecule has 0 atom stereocenters. The van der Waals surface area contributed by atoms with Crippen molar-refractivity contribution in [2.75, 3.05) is 13.7 Å². The highest BCUT2D eigenvalue weighted by molar-refractivity contribution is 5.97. The van der Waals surface area contributed by atoms with Gasteiger partial charge in [-0.05, 0) is 30.3 Å². The van der Waals surface area contributed by atoms with Crippen LogP contribution in [0.25, 0.3) is 10.9 Å². The fourth-order valence-electron chi connectivity index (χ4n) is 2.46. The quantitative estimate of drug-likeness (QED) is 0.690. The molecular weight excluding hydrogens is 326 g/mol. The molecule has 0 radical (unpaired) electrons. The first-order chi connectivity index (χ1) is 12.1. The molecule has 25 heavy (non-hydrogen) atoms. The van der Waals surface area contributed by atoms with Crippen LogP contribution in [0.5, 0.6) is 0 Å². The lowest BCUT2D eigenvalue weighted by Crippen LogP contribution is -2.36. The van der Waals surface area contributed by atoms with E-state index in [0.29, 0.717) is 22.2 Å². The van der Waals surface area contributed by atoms with E-state index in [4.69, 9.17) is 9.15 Å². The molecule has 0 saturated carbocycles. The van der Waals surface area contributed by atoms with Gasteiger partial charge >= 0.3 is 5.69 Å². The first kappa shape index (κ1) is 16.7. The van der Waals surface area contributed by atoms with Gasteiger partial charge in [0.25, 0.3) is 11.5 Å². The number of H-pyrrole nitrogens is 1. The summed E-state index contributed by atoms with van der Waals surface area (Å²) in [6, 6.07) is 8.03. The van der Waals surface area contributed by atoms with Gasteiger partial charge in [0.05, 0.1) is 36.9 Å². The summed E-state index contributed by atoms with van der Waals surface area (Å²) < 4.78 is 11.1. The number of carbonyl (C=O) groups is 1. The number of aromatic amines is 1. The molecule has 2 aromatic heterocycles. The topological polar surface area (TPSA) is 106 Å². The number of nitrogens with one attached hydrogen (secondary N) is 2. The monoisotopic (exact) mass is 343 g/mol. The Morgan fingerprint density at radius 2 is 2.16 bits per heavy atom. The second kappa shape index (κ2) is 7.18. The molecule has 1 amide bonds. The summed E-state index contributed by atoms with van der Waals surface area (Å²) >= 11 is 0.